The summed E-state index contributed by atoms with van der Waals surface area (Å²) in [6.07, 6.45) is 2.32. The Balaban J connectivity index is 1.67. The predicted octanol–water partition coefficient (Wildman–Crippen LogP) is 3.80. The standard InChI is InChI=1S/C20H24BrNO4S/c1-2-3-9-22(18-8-10-27(24,25)14-18)20(23)13-26-19-7-5-15-11-17(21)6-4-16(15)12-19/h4-7,11-12,18H,2-3,8-10,13-14H2,1H3. The maximum atomic E-state index is 12.7. The van der Waals surface area contributed by atoms with Crippen molar-refractivity contribution in [3.63, 3.8) is 0 Å². The largest absolute Gasteiger partial charge is 0.484 e. The molecule has 146 valence electrons. The Labute approximate surface area is 168 Å². The highest BCUT2D eigenvalue weighted by Gasteiger charge is 2.34. The quantitative estimate of drug-likeness (QED) is 0.639. The van der Waals surface area contributed by atoms with Gasteiger partial charge in [-0.1, -0.05) is 41.4 Å². The highest BCUT2D eigenvalue weighted by atomic mass is 79.9. The van der Waals surface area contributed by atoms with Crippen LogP contribution in [-0.2, 0) is 14.6 Å². The van der Waals surface area contributed by atoms with Crippen molar-refractivity contribution < 1.29 is 17.9 Å². The third kappa shape index (κ3) is 5.23. The summed E-state index contributed by atoms with van der Waals surface area (Å²) in [6.45, 7) is 2.55. The van der Waals surface area contributed by atoms with Crippen molar-refractivity contribution >= 4 is 42.4 Å². The Kier molecular flexibility index (Phi) is 6.42. The van der Waals surface area contributed by atoms with E-state index in [1.807, 2.05) is 36.4 Å². The summed E-state index contributed by atoms with van der Waals surface area (Å²) in [5, 5.41) is 2.12. The minimum absolute atomic E-state index is 0.0628. The van der Waals surface area contributed by atoms with Crippen LogP contribution in [0.1, 0.15) is 26.2 Å². The molecule has 0 aromatic heterocycles. The highest BCUT2D eigenvalue weighted by molar-refractivity contribution is 9.10. The van der Waals surface area contributed by atoms with Crippen LogP contribution < -0.4 is 4.74 Å². The molecule has 1 amide bonds. The van der Waals surface area contributed by atoms with Crippen LogP contribution in [0.3, 0.4) is 0 Å². The molecule has 1 fully saturated rings. The molecule has 1 saturated heterocycles. The lowest BCUT2D eigenvalue weighted by atomic mass is 10.1. The molecular weight excluding hydrogens is 430 g/mol. The smallest absolute Gasteiger partial charge is 0.260 e. The summed E-state index contributed by atoms with van der Waals surface area (Å²) < 4.78 is 30.3. The van der Waals surface area contributed by atoms with Crippen molar-refractivity contribution in [2.45, 2.75) is 32.2 Å². The van der Waals surface area contributed by atoms with Crippen LogP contribution in [0.4, 0.5) is 0 Å². The Morgan fingerprint density at radius 1 is 1.22 bits per heavy atom. The highest BCUT2D eigenvalue weighted by Crippen LogP contribution is 2.24. The lowest BCUT2D eigenvalue weighted by molar-refractivity contribution is -0.135. The second-order valence-electron chi connectivity index (χ2n) is 6.94. The van der Waals surface area contributed by atoms with Crippen LogP contribution in [0.2, 0.25) is 0 Å². The zero-order valence-electron chi connectivity index (χ0n) is 15.4. The van der Waals surface area contributed by atoms with E-state index >= 15 is 0 Å². The Hall–Kier alpha value is -1.60. The van der Waals surface area contributed by atoms with Gasteiger partial charge in [0, 0.05) is 17.1 Å². The summed E-state index contributed by atoms with van der Waals surface area (Å²) in [6, 6.07) is 11.5. The Morgan fingerprint density at radius 2 is 1.96 bits per heavy atom. The second-order valence-corrected chi connectivity index (χ2v) is 10.1. The molecule has 0 radical (unpaired) electrons. The van der Waals surface area contributed by atoms with Gasteiger partial charge in [-0.3, -0.25) is 4.79 Å². The first-order chi connectivity index (χ1) is 12.9. The van der Waals surface area contributed by atoms with E-state index in [1.165, 1.54) is 0 Å². The minimum Gasteiger partial charge on any atom is -0.484 e. The molecule has 0 N–H and O–H groups in total. The normalized spacial score (nSPS) is 18.5. The average molecular weight is 454 g/mol. The molecule has 1 aliphatic rings. The Bertz CT molecular complexity index is 929. The monoisotopic (exact) mass is 453 g/mol. The van der Waals surface area contributed by atoms with Crippen molar-refractivity contribution in [2.75, 3.05) is 24.7 Å². The number of nitrogens with zero attached hydrogens (tertiary/aromatic N) is 1. The molecule has 27 heavy (non-hydrogen) atoms. The van der Waals surface area contributed by atoms with Crippen molar-refractivity contribution in [3.8, 4) is 5.75 Å². The first kappa shape index (κ1) is 20.1. The molecule has 5 nitrogen and oxygen atoms in total. The van der Waals surface area contributed by atoms with Gasteiger partial charge in [0.1, 0.15) is 5.75 Å². The Morgan fingerprint density at radius 3 is 2.67 bits per heavy atom. The molecule has 2 aromatic carbocycles. The van der Waals surface area contributed by atoms with Gasteiger partial charge in [-0.15, -0.1) is 0 Å². The number of amides is 1. The molecule has 0 saturated carbocycles. The van der Waals surface area contributed by atoms with Gasteiger partial charge >= 0.3 is 0 Å². The first-order valence-corrected chi connectivity index (χ1v) is 11.8. The number of benzene rings is 2. The van der Waals surface area contributed by atoms with Crippen LogP contribution in [0.5, 0.6) is 5.75 Å². The number of unbranched alkanes of at least 4 members (excludes halogenated alkanes) is 1. The number of carbonyl (C=O) groups is 1. The fraction of sp³-hybridized carbons (Fsp3) is 0.450. The minimum atomic E-state index is -3.03. The van der Waals surface area contributed by atoms with Crippen molar-refractivity contribution in [2.24, 2.45) is 0 Å². The number of rotatable bonds is 7. The van der Waals surface area contributed by atoms with E-state index in [2.05, 4.69) is 22.9 Å². The lowest BCUT2D eigenvalue weighted by Crippen LogP contribution is -2.44. The van der Waals surface area contributed by atoms with Crippen LogP contribution in [0, 0.1) is 0 Å². The van der Waals surface area contributed by atoms with Gasteiger partial charge in [-0.05, 0) is 47.9 Å². The fourth-order valence-electron chi connectivity index (χ4n) is 3.37. The molecule has 1 atom stereocenters. The number of hydrogen-bond acceptors (Lipinski definition) is 4. The number of sulfone groups is 1. The van der Waals surface area contributed by atoms with E-state index in [-0.39, 0.29) is 30.1 Å². The van der Waals surface area contributed by atoms with E-state index < -0.39 is 9.84 Å². The number of ether oxygens (including phenoxy) is 1. The summed E-state index contributed by atoms with van der Waals surface area (Å²) in [7, 11) is -3.03. The fourth-order valence-corrected chi connectivity index (χ4v) is 5.48. The predicted molar refractivity (Wildman–Crippen MR) is 111 cm³/mol. The van der Waals surface area contributed by atoms with Gasteiger partial charge in [0.25, 0.3) is 5.91 Å². The molecule has 1 aliphatic heterocycles. The van der Waals surface area contributed by atoms with Crippen LogP contribution in [0.25, 0.3) is 10.8 Å². The summed E-state index contributed by atoms with van der Waals surface area (Å²) >= 11 is 3.45. The molecule has 0 spiro atoms. The number of hydrogen-bond donors (Lipinski definition) is 0. The topological polar surface area (TPSA) is 63.7 Å². The van der Waals surface area contributed by atoms with Gasteiger partial charge in [0.15, 0.2) is 16.4 Å². The molecule has 1 heterocycles. The van der Waals surface area contributed by atoms with E-state index in [0.717, 1.165) is 28.1 Å². The lowest BCUT2D eigenvalue weighted by Gasteiger charge is -2.28. The second kappa shape index (κ2) is 8.61. The van der Waals surface area contributed by atoms with Gasteiger partial charge < -0.3 is 9.64 Å². The molecule has 7 heteroatoms. The van der Waals surface area contributed by atoms with Crippen molar-refractivity contribution in [3.05, 3.63) is 40.9 Å². The molecule has 1 unspecified atom stereocenters. The van der Waals surface area contributed by atoms with Crippen molar-refractivity contribution in [1.82, 2.24) is 4.90 Å². The van der Waals surface area contributed by atoms with Gasteiger partial charge in [0.2, 0.25) is 0 Å². The van der Waals surface area contributed by atoms with Crippen molar-refractivity contribution in [1.29, 1.82) is 0 Å². The SMILES string of the molecule is CCCCN(C(=O)COc1ccc2cc(Br)ccc2c1)C1CCS(=O)(=O)C1. The molecule has 0 aliphatic carbocycles. The number of fused-ring (bicyclic) bond motifs is 1. The third-order valence-electron chi connectivity index (χ3n) is 4.86. The van der Waals surface area contributed by atoms with E-state index in [0.29, 0.717) is 18.7 Å². The first-order valence-electron chi connectivity index (χ1n) is 9.20. The maximum Gasteiger partial charge on any atom is 0.260 e. The van der Waals surface area contributed by atoms with Crippen LogP contribution in [0.15, 0.2) is 40.9 Å². The summed E-state index contributed by atoms with van der Waals surface area (Å²) in [4.78, 5) is 14.4. The van der Waals surface area contributed by atoms with Crippen LogP contribution in [-0.4, -0.2) is 49.9 Å². The summed E-state index contributed by atoms with van der Waals surface area (Å²) in [5.41, 5.74) is 0. The third-order valence-corrected chi connectivity index (χ3v) is 7.10. The van der Waals surface area contributed by atoms with Crippen LogP contribution >= 0.6 is 15.9 Å². The maximum absolute atomic E-state index is 12.7. The molecular formula is C20H24BrNO4S. The molecule has 0 bridgehead atoms. The van der Waals surface area contributed by atoms with Gasteiger partial charge in [0.05, 0.1) is 11.5 Å². The zero-order chi connectivity index (χ0) is 19.4. The van der Waals surface area contributed by atoms with E-state index in [1.54, 1.807) is 4.90 Å². The van der Waals surface area contributed by atoms with E-state index in [4.69, 9.17) is 4.74 Å². The zero-order valence-corrected chi connectivity index (χ0v) is 17.8. The van der Waals surface area contributed by atoms with E-state index in [9.17, 15) is 13.2 Å². The van der Waals surface area contributed by atoms with Gasteiger partial charge in [-0.2, -0.15) is 0 Å². The molecule has 2 aromatic rings. The number of halogens is 1. The van der Waals surface area contributed by atoms with Gasteiger partial charge in [-0.25, -0.2) is 8.42 Å². The summed E-state index contributed by atoms with van der Waals surface area (Å²) in [5.74, 6) is 0.705. The molecule has 3 rings (SSSR count). The number of carbonyl (C=O) groups excluding carboxylic acids is 1. The average Bonchev–Trinajstić information content (AvgIpc) is 2.99.